The summed E-state index contributed by atoms with van der Waals surface area (Å²) in [6.45, 7) is 6.23. The molecule has 1 amide bonds. The summed E-state index contributed by atoms with van der Waals surface area (Å²) in [4.78, 5) is 14.8. The number of amides is 1. The third-order valence-corrected chi connectivity index (χ3v) is 4.32. The Hall–Kier alpha value is -1.85. The van der Waals surface area contributed by atoms with Crippen LogP contribution in [0.15, 0.2) is 36.5 Å². The summed E-state index contributed by atoms with van der Waals surface area (Å²) >= 11 is 0. The van der Waals surface area contributed by atoms with Crippen LogP contribution >= 0.6 is 12.4 Å². The van der Waals surface area contributed by atoms with Crippen LogP contribution in [0.1, 0.15) is 35.0 Å². The molecule has 1 aliphatic heterocycles. The Bertz CT molecular complexity index is 648. The van der Waals surface area contributed by atoms with E-state index in [-0.39, 0.29) is 18.3 Å². The van der Waals surface area contributed by atoms with E-state index in [1.807, 2.05) is 27.8 Å². The van der Waals surface area contributed by atoms with Crippen molar-refractivity contribution in [2.75, 3.05) is 26.2 Å². The summed E-state index contributed by atoms with van der Waals surface area (Å²) < 4.78 is 1.96. The van der Waals surface area contributed by atoms with Crippen LogP contribution in [0.4, 0.5) is 0 Å². The van der Waals surface area contributed by atoms with Crippen LogP contribution < -0.4 is 5.32 Å². The first-order valence-corrected chi connectivity index (χ1v) is 8.38. The number of benzene rings is 1. The Morgan fingerprint density at radius 1 is 1.21 bits per heavy atom. The summed E-state index contributed by atoms with van der Waals surface area (Å²) in [6, 6.07) is 10.2. The van der Waals surface area contributed by atoms with Crippen molar-refractivity contribution >= 4 is 18.3 Å². The van der Waals surface area contributed by atoms with Crippen LogP contribution in [-0.2, 0) is 13.0 Å². The number of halogens is 1. The quantitative estimate of drug-likeness (QED) is 0.922. The van der Waals surface area contributed by atoms with E-state index in [0.29, 0.717) is 6.54 Å². The number of hydrogen-bond donors (Lipinski definition) is 1. The highest BCUT2D eigenvalue weighted by Crippen LogP contribution is 2.15. The number of rotatable bonds is 4. The Balaban J connectivity index is 0.00000208. The fourth-order valence-corrected chi connectivity index (χ4v) is 3.07. The molecule has 0 aliphatic carbocycles. The Morgan fingerprint density at radius 2 is 2.00 bits per heavy atom. The largest absolute Gasteiger partial charge is 0.337 e. The van der Waals surface area contributed by atoms with Crippen molar-refractivity contribution in [3.63, 3.8) is 0 Å². The molecule has 0 unspecified atom stereocenters. The van der Waals surface area contributed by atoms with Crippen LogP contribution in [0, 0.1) is 0 Å². The lowest BCUT2D eigenvalue weighted by Gasteiger charge is -2.20. The van der Waals surface area contributed by atoms with Gasteiger partial charge in [0.25, 0.3) is 5.91 Å². The highest BCUT2D eigenvalue weighted by Gasteiger charge is 2.22. The smallest absolute Gasteiger partial charge is 0.257 e. The van der Waals surface area contributed by atoms with E-state index >= 15 is 0 Å². The van der Waals surface area contributed by atoms with Gasteiger partial charge in [-0.15, -0.1) is 12.4 Å². The SMILES string of the molecule is CCc1c(C(=O)N2CCCNCC2)cnn1Cc1ccccc1.Cl. The normalized spacial score (nSPS) is 14.8. The lowest BCUT2D eigenvalue weighted by molar-refractivity contribution is 0.0765. The third kappa shape index (κ3) is 4.16. The molecule has 1 aromatic carbocycles. The summed E-state index contributed by atoms with van der Waals surface area (Å²) in [5.74, 6) is 0.116. The van der Waals surface area contributed by atoms with Gasteiger partial charge in [0.05, 0.1) is 24.0 Å². The number of nitrogens with one attached hydrogen (secondary N) is 1. The molecule has 130 valence electrons. The van der Waals surface area contributed by atoms with Crippen molar-refractivity contribution in [3.05, 3.63) is 53.3 Å². The molecule has 6 heteroatoms. The summed E-state index contributed by atoms with van der Waals surface area (Å²) in [7, 11) is 0. The van der Waals surface area contributed by atoms with E-state index < -0.39 is 0 Å². The average Bonchev–Trinajstić information content (AvgIpc) is 2.80. The number of aromatic nitrogens is 2. The van der Waals surface area contributed by atoms with Gasteiger partial charge in [-0.2, -0.15) is 5.10 Å². The molecule has 0 atom stereocenters. The number of carbonyl (C=O) groups is 1. The van der Waals surface area contributed by atoms with E-state index in [2.05, 4.69) is 29.5 Å². The minimum absolute atomic E-state index is 0. The monoisotopic (exact) mass is 348 g/mol. The van der Waals surface area contributed by atoms with E-state index in [4.69, 9.17) is 0 Å². The van der Waals surface area contributed by atoms with Gasteiger partial charge in [-0.1, -0.05) is 37.3 Å². The van der Waals surface area contributed by atoms with Gasteiger partial charge < -0.3 is 10.2 Å². The third-order valence-electron chi connectivity index (χ3n) is 4.32. The Kier molecular flexibility index (Phi) is 6.82. The maximum Gasteiger partial charge on any atom is 0.257 e. The van der Waals surface area contributed by atoms with Gasteiger partial charge in [0.1, 0.15) is 0 Å². The molecule has 0 bridgehead atoms. The first-order chi connectivity index (χ1) is 11.3. The zero-order chi connectivity index (χ0) is 16.1. The lowest BCUT2D eigenvalue weighted by atomic mass is 10.1. The summed E-state index contributed by atoms with van der Waals surface area (Å²) in [5.41, 5.74) is 2.98. The van der Waals surface area contributed by atoms with Crippen molar-refractivity contribution in [3.8, 4) is 0 Å². The zero-order valence-corrected chi connectivity index (χ0v) is 14.9. The predicted octanol–water partition coefficient (Wildman–Crippen LogP) is 2.35. The van der Waals surface area contributed by atoms with Gasteiger partial charge in [-0.05, 0) is 24.9 Å². The highest BCUT2D eigenvalue weighted by molar-refractivity contribution is 5.95. The zero-order valence-electron chi connectivity index (χ0n) is 14.1. The van der Waals surface area contributed by atoms with Gasteiger partial charge in [0.15, 0.2) is 0 Å². The lowest BCUT2D eigenvalue weighted by Crippen LogP contribution is -2.34. The minimum Gasteiger partial charge on any atom is -0.337 e. The fourth-order valence-electron chi connectivity index (χ4n) is 3.07. The molecule has 1 saturated heterocycles. The number of nitrogens with zero attached hydrogens (tertiary/aromatic N) is 3. The molecule has 2 aromatic rings. The van der Waals surface area contributed by atoms with Crippen molar-refractivity contribution in [1.29, 1.82) is 0 Å². The topological polar surface area (TPSA) is 50.2 Å². The molecular formula is C18H25ClN4O. The minimum atomic E-state index is 0. The molecule has 2 heterocycles. The van der Waals surface area contributed by atoms with E-state index in [0.717, 1.165) is 50.3 Å². The van der Waals surface area contributed by atoms with Crippen LogP contribution in [-0.4, -0.2) is 46.8 Å². The summed E-state index contributed by atoms with van der Waals surface area (Å²) in [6.07, 6.45) is 3.55. The molecular weight excluding hydrogens is 324 g/mol. The van der Waals surface area contributed by atoms with Gasteiger partial charge in [0.2, 0.25) is 0 Å². The van der Waals surface area contributed by atoms with Crippen LogP contribution in [0.5, 0.6) is 0 Å². The predicted molar refractivity (Wildman–Crippen MR) is 97.8 cm³/mol. The van der Waals surface area contributed by atoms with E-state index in [1.54, 1.807) is 6.20 Å². The van der Waals surface area contributed by atoms with Crippen LogP contribution in [0.25, 0.3) is 0 Å². The molecule has 0 saturated carbocycles. The fraction of sp³-hybridized carbons (Fsp3) is 0.444. The van der Waals surface area contributed by atoms with Gasteiger partial charge in [0, 0.05) is 19.6 Å². The van der Waals surface area contributed by atoms with E-state index in [9.17, 15) is 4.79 Å². The molecule has 1 fully saturated rings. The van der Waals surface area contributed by atoms with Crippen molar-refractivity contribution in [2.45, 2.75) is 26.3 Å². The second-order valence-electron chi connectivity index (χ2n) is 5.90. The second kappa shape index (κ2) is 8.85. The van der Waals surface area contributed by atoms with Crippen LogP contribution in [0.2, 0.25) is 0 Å². The van der Waals surface area contributed by atoms with Gasteiger partial charge in [-0.3, -0.25) is 9.48 Å². The molecule has 1 N–H and O–H groups in total. The molecule has 1 aromatic heterocycles. The molecule has 0 spiro atoms. The summed E-state index contributed by atoms with van der Waals surface area (Å²) in [5, 5.41) is 7.81. The van der Waals surface area contributed by atoms with Crippen molar-refractivity contribution < 1.29 is 4.79 Å². The maximum atomic E-state index is 12.8. The first-order valence-electron chi connectivity index (χ1n) is 8.38. The molecule has 0 radical (unpaired) electrons. The molecule has 3 rings (SSSR count). The standard InChI is InChI=1S/C18H24N4O.ClH/c1-2-17-16(18(23)21-11-6-9-19-10-12-21)13-20-22(17)14-15-7-4-3-5-8-15;/h3-5,7-8,13,19H,2,6,9-12,14H2,1H3;1H. The van der Waals surface area contributed by atoms with Crippen molar-refractivity contribution in [1.82, 2.24) is 20.0 Å². The van der Waals surface area contributed by atoms with Crippen molar-refractivity contribution in [2.24, 2.45) is 0 Å². The molecule has 5 nitrogen and oxygen atoms in total. The van der Waals surface area contributed by atoms with Crippen LogP contribution in [0.3, 0.4) is 0 Å². The van der Waals surface area contributed by atoms with E-state index in [1.165, 1.54) is 5.56 Å². The van der Waals surface area contributed by atoms with Gasteiger partial charge in [-0.25, -0.2) is 0 Å². The molecule has 1 aliphatic rings. The Labute approximate surface area is 149 Å². The van der Waals surface area contributed by atoms with Gasteiger partial charge >= 0.3 is 0 Å². The highest BCUT2D eigenvalue weighted by atomic mass is 35.5. The average molecular weight is 349 g/mol. The second-order valence-corrected chi connectivity index (χ2v) is 5.90. The Morgan fingerprint density at radius 3 is 2.75 bits per heavy atom. The molecule has 24 heavy (non-hydrogen) atoms. The first kappa shape index (κ1) is 18.5. The number of carbonyl (C=O) groups excluding carboxylic acids is 1. The number of hydrogen-bond acceptors (Lipinski definition) is 3. The maximum absolute atomic E-state index is 12.8.